The second kappa shape index (κ2) is 6.95. The molecule has 0 unspecified atom stereocenters. The average Bonchev–Trinajstić information content (AvgIpc) is 2.25. The minimum absolute atomic E-state index is 0. The van der Waals surface area contributed by atoms with Gasteiger partial charge in [0, 0.05) is 12.1 Å². The molecule has 0 aliphatic rings. The molecule has 0 saturated carbocycles. The van der Waals surface area contributed by atoms with Crippen LogP contribution in [0.4, 0.5) is 13.2 Å². The number of alkyl halides is 3. The Kier molecular flexibility index (Phi) is 6.50. The molecule has 1 rings (SSSR count). The number of nitrogens with two attached hydrogens (primary N) is 1. The molecule has 0 spiro atoms. The van der Waals surface area contributed by atoms with Crippen LogP contribution in [0.5, 0.6) is 0 Å². The van der Waals surface area contributed by atoms with Crippen molar-refractivity contribution >= 4 is 18.3 Å². The summed E-state index contributed by atoms with van der Waals surface area (Å²) < 4.78 is 37.0. The lowest BCUT2D eigenvalue weighted by atomic mass is 10.1. The summed E-state index contributed by atoms with van der Waals surface area (Å²) in [6.45, 7) is 3.85. The Bertz CT molecular complexity index is 438. The highest BCUT2D eigenvalue weighted by molar-refractivity contribution is 5.85. The topological polar surface area (TPSA) is 55.1 Å². The molecule has 0 fully saturated rings. The predicted octanol–water partition coefficient (Wildman–Crippen LogP) is 2.52. The minimum Gasteiger partial charge on any atom is -0.354 e. The lowest BCUT2D eigenvalue weighted by Gasteiger charge is -2.18. The van der Waals surface area contributed by atoms with Crippen LogP contribution in [0.25, 0.3) is 0 Å². The SMILES string of the molecule is CC(C)(N)CNC(=O)Cc1ccc(C(F)(F)F)cc1.Cl. The molecule has 1 aromatic carbocycles. The summed E-state index contributed by atoms with van der Waals surface area (Å²) in [4.78, 5) is 11.6. The van der Waals surface area contributed by atoms with E-state index in [0.717, 1.165) is 12.1 Å². The van der Waals surface area contributed by atoms with E-state index in [1.807, 2.05) is 0 Å². The molecule has 0 aromatic heterocycles. The van der Waals surface area contributed by atoms with Crippen molar-refractivity contribution < 1.29 is 18.0 Å². The van der Waals surface area contributed by atoms with Crippen LogP contribution in [0.2, 0.25) is 0 Å². The van der Waals surface area contributed by atoms with Crippen molar-refractivity contribution in [2.45, 2.75) is 32.0 Å². The zero-order valence-electron chi connectivity index (χ0n) is 11.3. The molecule has 7 heteroatoms. The van der Waals surface area contributed by atoms with Crippen LogP contribution in [-0.4, -0.2) is 18.0 Å². The van der Waals surface area contributed by atoms with Gasteiger partial charge in [-0.25, -0.2) is 0 Å². The van der Waals surface area contributed by atoms with Crippen LogP contribution in [0.15, 0.2) is 24.3 Å². The molecule has 1 aromatic rings. The third kappa shape index (κ3) is 6.77. The standard InChI is InChI=1S/C13H17F3N2O.ClH/c1-12(2,17)8-18-11(19)7-9-3-5-10(6-4-9)13(14,15)16;/h3-6H,7-8,17H2,1-2H3,(H,18,19);1H. The number of rotatable bonds is 4. The van der Waals surface area contributed by atoms with Gasteiger partial charge in [0.1, 0.15) is 0 Å². The van der Waals surface area contributed by atoms with Gasteiger partial charge < -0.3 is 11.1 Å². The largest absolute Gasteiger partial charge is 0.416 e. The van der Waals surface area contributed by atoms with Crippen molar-refractivity contribution in [1.29, 1.82) is 0 Å². The highest BCUT2D eigenvalue weighted by Gasteiger charge is 2.29. The third-order valence-corrected chi connectivity index (χ3v) is 2.39. The van der Waals surface area contributed by atoms with E-state index in [0.29, 0.717) is 12.1 Å². The zero-order chi connectivity index (χ0) is 14.7. The van der Waals surface area contributed by atoms with Crippen LogP contribution in [0.1, 0.15) is 25.0 Å². The van der Waals surface area contributed by atoms with Gasteiger partial charge in [0.25, 0.3) is 0 Å². The van der Waals surface area contributed by atoms with Gasteiger partial charge in [0.05, 0.1) is 12.0 Å². The molecular weight excluding hydrogens is 293 g/mol. The molecule has 3 nitrogen and oxygen atoms in total. The maximum Gasteiger partial charge on any atom is 0.416 e. The second-order valence-electron chi connectivity index (χ2n) is 5.14. The smallest absolute Gasteiger partial charge is 0.354 e. The maximum atomic E-state index is 12.3. The van der Waals surface area contributed by atoms with Gasteiger partial charge in [-0.05, 0) is 31.5 Å². The lowest BCUT2D eigenvalue weighted by molar-refractivity contribution is -0.137. The molecule has 0 heterocycles. The third-order valence-electron chi connectivity index (χ3n) is 2.39. The summed E-state index contributed by atoms with van der Waals surface area (Å²) in [6, 6.07) is 4.54. The van der Waals surface area contributed by atoms with E-state index < -0.39 is 17.3 Å². The number of hydrogen-bond acceptors (Lipinski definition) is 2. The number of hydrogen-bond donors (Lipinski definition) is 2. The molecule has 1 amide bonds. The van der Waals surface area contributed by atoms with Crippen molar-refractivity contribution in [2.75, 3.05) is 6.54 Å². The molecular formula is C13H18ClF3N2O. The van der Waals surface area contributed by atoms with Gasteiger partial charge in [-0.2, -0.15) is 13.2 Å². The fourth-order valence-electron chi connectivity index (χ4n) is 1.39. The summed E-state index contributed by atoms with van der Waals surface area (Å²) in [7, 11) is 0. The quantitative estimate of drug-likeness (QED) is 0.898. The summed E-state index contributed by atoms with van der Waals surface area (Å²) in [5, 5.41) is 2.63. The maximum absolute atomic E-state index is 12.3. The lowest BCUT2D eigenvalue weighted by Crippen LogP contribution is -2.45. The average molecular weight is 311 g/mol. The molecule has 3 N–H and O–H groups in total. The Labute approximate surface area is 122 Å². The van der Waals surface area contributed by atoms with Crippen LogP contribution >= 0.6 is 12.4 Å². The first-order valence-corrected chi connectivity index (χ1v) is 5.80. The monoisotopic (exact) mass is 310 g/mol. The van der Waals surface area contributed by atoms with Gasteiger partial charge in [0.2, 0.25) is 5.91 Å². The van der Waals surface area contributed by atoms with Gasteiger partial charge in [-0.15, -0.1) is 12.4 Å². The second-order valence-corrected chi connectivity index (χ2v) is 5.14. The van der Waals surface area contributed by atoms with E-state index in [1.165, 1.54) is 12.1 Å². The van der Waals surface area contributed by atoms with E-state index in [1.54, 1.807) is 13.8 Å². The number of halogens is 4. The van der Waals surface area contributed by atoms with E-state index in [9.17, 15) is 18.0 Å². The molecule has 0 saturated heterocycles. The van der Waals surface area contributed by atoms with Crippen LogP contribution in [0, 0.1) is 0 Å². The highest BCUT2D eigenvalue weighted by Crippen LogP contribution is 2.29. The van der Waals surface area contributed by atoms with Crippen molar-refractivity contribution in [3.05, 3.63) is 35.4 Å². The van der Waals surface area contributed by atoms with Crippen molar-refractivity contribution in [3.8, 4) is 0 Å². The first-order valence-electron chi connectivity index (χ1n) is 5.80. The number of carbonyl (C=O) groups is 1. The highest BCUT2D eigenvalue weighted by atomic mass is 35.5. The van der Waals surface area contributed by atoms with E-state index in [-0.39, 0.29) is 24.7 Å². The van der Waals surface area contributed by atoms with E-state index in [4.69, 9.17) is 5.73 Å². The first-order chi connectivity index (χ1) is 8.58. The summed E-state index contributed by atoms with van der Waals surface area (Å²) in [6.07, 6.45) is -4.32. The molecule has 0 bridgehead atoms. The van der Waals surface area contributed by atoms with E-state index in [2.05, 4.69) is 5.32 Å². The van der Waals surface area contributed by atoms with Gasteiger partial charge in [-0.1, -0.05) is 12.1 Å². The van der Waals surface area contributed by atoms with Crippen LogP contribution in [0.3, 0.4) is 0 Å². The molecule has 0 aliphatic carbocycles. The Morgan fingerprint density at radius 2 is 1.70 bits per heavy atom. The van der Waals surface area contributed by atoms with E-state index >= 15 is 0 Å². The normalized spacial score (nSPS) is 11.7. The Morgan fingerprint density at radius 1 is 1.20 bits per heavy atom. The number of amides is 1. The Balaban J connectivity index is 0.00000361. The number of carbonyl (C=O) groups excluding carboxylic acids is 1. The van der Waals surface area contributed by atoms with Crippen molar-refractivity contribution in [2.24, 2.45) is 5.73 Å². The minimum atomic E-state index is -4.36. The molecule has 20 heavy (non-hydrogen) atoms. The van der Waals surface area contributed by atoms with Crippen LogP contribution in [-0.2, 0) is 17.4 Å². The summed E-state index contributed by atoms with van der Waals surface area (Å²) in [5.41, 5.74) is 4.99. The van der Waals surface area contributed by atoms with Gasteiger partial charge in [0.15, 0.2) is 0 Å². The number of benzene rings is 1. The molecule has 0 radical (unpaired) electrons. The van der Waals surface area contributed by atoms with Crippen LogP contribution < -0.4 is 11.1 Å². The van der Waals surface area contributed by atoms with Crippen molar-refractivity contribution in [1.82, 2.24) is 5.32 Å². The Hall–Kier alpha value is -1.27. The van der Waals surface area contributed by atoms with Crippen molar-refractivity contribution in [3.63, 3.8) is 0 Å². The first kappa shape index (κ1) is 18.7. The fraction of sp³-hybridized carbons (Fsp3) is 0.462. The number of nitrogens with one attached hydrogen (secondary N) is 1. The van der Waals surface area contributed by atoms with Gasteiger partial charge in [-0.3, -0.25) is 4.79 Å². The summed E-state index contributed by atoms with van der Waals surface area (Å²) >= 11 is 0. The molecule has 0 aliphatic heterocycles. The molecule has 114 valence electrons. The molecule has 0 atom stereocenters. The summed E-state index contributed by atoms with van der Waals surface area (Å²) in [5.74, 6) is -0.265. The van der Waals surface area contributed by atoms with Gasteiger partial charge >= 0.3 is 6.18 Å². The zero-order valence-corrected chi connectivity index (χ0v) is 12.1. The predicted molar refractivity (Wildman–Crippen MR) is 73.7 cm³/mol. The fourth-order valence-corrected chi connectivity index (χ4v) is 1.39. The Morgan fingerprint density at radius 3 is 2.10 bits per heavy atom.